The first-order valence-electron chi connectivity index (χ1n) is 12.7. The van der Waals surface area contributed by atoms with Crippen LogP contribution in [0.2, 0.25) is 0 Å². The van der Waals surface area contributed by atoms with Crippen LogP contribution in [0.25, 0.3) is 60.9 Å². The summed E-state index contributed by atoms with van der Waals surface area (Å²) in [6.45, 7) is 0. The Balaban J connectivity index is 1.54. The molecule has 1 heterocycles. The molecule has 0 aliphatic heterocycles. The minimum atomic E-state index is 1.16. The van der Waals surface area contributed by atoms with Crippen LogP contribution in [0.5, 0.6) is 0 Å². The average molecular weight is 472 g/mol. The van der Waals surface area contributed by atoms with Gasteiger partial charge in [0.2, 0.25) is 0 Å². The molecular weight excluding hydrogens is 446 g/mol. The van der Waals surface area contributed by atoms with Gasteiger partial charge in [-0.1, -0.05) is 121 Å². The van der Waals surface area contributed by atoms with Gasteiger partial charge in [0, 0.05) is 16.5 Å². The topological polar surface area (TPSA) is 4.93 Å². The largest absolute Gasteiger partial charge is 0.309 e. The Morgan fingerprint density at radius 3 is 1.38 bits per heavy atom. The van der Waals surface area contributed by atoms with Crippen LogP contribution >= 0.6 is 0 Å². The lowest BCUT2D eigenvalue weighted by molar-refractivity contribution is 1.18. The molecule has 37 heavy (non-hydrogen) atoms. The number of para-hydroxylation sites is 1. The molecule has 0 amide bonds. The van der Waals surface area contributed by atoms with Crippen LogP contribution in [0.4, 0.5) is 0 Å². The van der Waals surface area contributed by atoms with Crippen molar-refractivity contribution in [3.63, 3.8) is 0 Å². The van der Waals surface area contributed by atoms with E-state index >= 15 is 0 Å². The van der Waals surface area contributed by atoms with E-state index in [1.54, 1.807) is 0 Å². The molecule has 0 aliphatic rings. The van der Waals surface area contributed by atoms with E-state index in [2.05, 4.69) is 156 Å². The molecule has 0 saturated carbocycles. The van der Waals surface area contributed by atoms with Crippen LogP contribution in [-0.2, 0) is 0 Å². The molecule has 0 fully saturated rings. The summed E-state index contributed by atoms with van der Waals surface area (Å²) in [4.78, 5) is 0. The quantitative estimate of drug-likeness (QED) is 0.241. The lowest BCUT2D eigenvalue weighted by Crippen LogP contribution is -1.96. The van der Waals surface area contributed by atoms with Gasteiger partial charge in [0.25, 0.3) is 0 Å². The van der Waals surface area contributed by atoms with E-state index in [0.717, 1.165) is 5.69 Å². The van der Waals surface area contributed by atoms with Crippen molar-refractivity contribution in [3.8, 4) is 39.1 Å². The van der Waals surface area contributed by atoms with Gasteiger partial charge >= 0.3 is 0 Å². The van der Waals surface area contributed by atoms with E-state index in [0.29, 0.717) is 0 Å². The number of nitrogens with zero attached hydrogens (tertiary/aromatic N) is 1. The Labute approximate surface area is 216 Å². The number of rotatable bonds is 4. The monoisotopic (exact) mass is 471 g/mol. The van der Waals surface area contributed by atoms with Crippen molar-refractivity contribution < 1.29 is 0 Å². The fourth-order valence-corrected chi connectivity index (χ4v) is 5.39. The van der Waals surface area contributed by atoms with Gasteiger partial charge in [-0.25, -0.2) is 0 Å². The fourth-order valence-electron chi connectivity index (χ4n) is 5.39. The number of aromatic nitrogens is 1. The highest BCUT2D eigenvalue weighted by Gasteiger charge is 2.15. The Kier molecular flexibility index (Phi) is 5.19. The van der Waals surface area contributed by atoms with E-state index in [-0.39, 0.29) is 0 Å². The van der Waals surface area contributed by atoms with Crippen LogP contribution in [0.3, 0.4) is 0 Å². The Morgan fingerprint density at radius 1 is 0.297 bits per heavy atom. The Bertz CT molecular complexity index is 1790. The maximum Gasteiger partial charge on any atom is 0.0547 e. The summed E-state index contributed by atoms with van der Waals surface area (Å²) in [5.74, 6) is 0. The van der Waals surface area contributed by atoms with Crippen molar-refractivity contribution in [1.82, 2.24) is 4.57 Å². The summed E-state index contributed by atoms with van der Waals surface area (Å²) in [7, 11) is 0. The van der Waals surface area contributed by atoms with E-state index < -0.39 is 0 Å². The second-order valence-electron chi connectivity index (χ2n) is 9.45. The first-order chi connectivity index (χ1) is 18.3. The molecule has 7 aromatic rings. The zero-order chi connectivity index (χ0) is 24.6. The average Bonchev–Trinajstić information content (AvgIpc) is 3.32. The minimum Gasteiger partial charge on any atom is -0.309 e. The van der Waals surface area contributed by atoms with E-state index in [1.807, 2.05) is 0 Å². The Hall–Kier alpha value is -4.88. The molecule has 7 rings (SSSR count). The summed E-state index contributed by atoms with van der Waals surface area (Å²) in [5, 5.41) is 2.53. The zero-order valence-electron chi connectivity index (χ0n) is 20.4. The number of hydrogen-bond acceptors (Lipinski definition) is 0. The second-order valence-corrected chi connectivity index (χ2v) is 9.45. The fraction of sp³-hybridized carbons (Fsp3) is 0. The predicted octanol–water partition coefficient (Wildman–Crippen LogP) is 9.78. The van der Waals surface area contributed by atoms with Crippen molar-refractivity contribution in [2.24, 2.45) is 0 Å². The molecule has 0 unspecified atom stereocenters. The van der Waals surface area contributed by atoms with Gasteiger partial charge in [0.05, 0.1) is 11.0 Å². The summed E-state index contributed by atoms with van der Waals surface area (Å²) in [5.41, 5.74) is 10.9. The zero-order valence-corrected chi connectivity index (χ0v) is 20.4. The first-order valence-corrected chi connectivity index (χ1v) is 12.7. The molecule has 0 saturated heterocycles. The third-order valence-electron chi connectivity index (χ3n) is 7.17. The summed E-state index contributed by atoms with van der Waals surface area (Å²) < 4.78 is 2.43. The summed E-state index contributed by atoms with van der Waals surface area (Å²) in [6, 6.07) is 54.5. The molecule has 1 nitrogen and oxygen atoms in total. The van der Waals surface area contributed by atoms with Crippen LogP contribution in [-0.4, -0.2) is 4.57 Å². The third kappa shape index (κ3) is 3.82. The number of hydrogen-bond donors (Lipinski definition) is 0. The molecule has 0 aliphatic carbocycles. The summed E-state index contributed by atoms with van der Waals surface area (Å²) in [6.07, 6.45) is 0. The predicted molar refractivity (Wildman–Crippen MR) is 157 cm³/mol. The lowest BCUT2D eigenvalue weighted by Gasteiger charge is -2.14. The van der Waals surface area contributed by atoms with Gasteiger partial charge in [-0.15, -0.1) is 0 Å². The van der Waals surface area contributed by atoms with Gasteiger partial charge < -0.3 is 4.57 Å². The van der Waals surface area contributed by atoms with E-state index in [9.17, 15) is 0 Å². The minimum absolute atomic E-state index is 1.16. The molecule has 0 radical (unpaired) electrons. The second kappa shape index (κ2) is 8.96. The van der Waals surface area contributed by atoms with Crippen LogP contribution in [0.15, 0.2) is 152 Å². The highest BCUT2D eigenvalue weighted by atomic mass is 15.0. The normalized spacial score (nSPS) is 11.2. The number of benzene rings is 6. The van der Waals surface area contributed by atoms with E-state index in [1.165, 1.54) is 55.2 Å². The first kappa shape index (κ1) is 21.4. The molecule has 0 spiro atoms. The molecule has 1 heteroatoms. The molecule has 1 aromatic heterocycles. The smallest absolute Gasteiger partial charge is 0.0547 e. The standard InChI is InChI=1S/C36H25N/c1-4-12-26(13-5-1)29-20-21-34-33-18-10-11-19-35(33)37(36(34)25-29)32-23-30(27-14-6-2-7-15-27)22-31(24-32)28-16-8-3-9-17-28/h1-25H. The molecule has 0 atom stereocenters. The molecule has 174 valence electrons. The van der Waals surface area contributed by atoms with Gasteiger partial charge in [-0.05, 0) is 63.7 Å². The van der Waals surface area contributed by atoms with Crippen LogP contribution in [0.1, 0.15) is 0 Å². The maximum absolute atomic E-state index is 2.43. The van der Waals surface area contributed by atoms with Gasteiger partial charge in [0.1, 0.15) is 0 Å². The highest BCUT2D eigenvalue weighted by Crippen LogP contribution is 2.37. The highest BCUT2D eigenvalue weighted by molar-refractivity contribution is 6.10. The molecule has 0 bridgehead atoms. The van der Waals surface area contributed by atoms with Gasteiger partial charge in [0.15, 0.2) is 0 Å². The maximum atomic E-state index is 2.43. The SMILES string of the molecule is c1ccc(-c2cc(-c3ccccc3)cc(-n3c4ccccc4c4ccc(-c5ccccc5)cc43)c2)cc1. The molecule has 0 N–H and O–H groups in total. The van der Waals surface area contributed by atoms with E-state index in [4.69, 9.17) is 0 Å². The van der Waals surface area contributed by atoms with Gasteiger partial charge in [-0.2, -0.15) is 0 Å². The lowest BCUT2D eigenvalue weighted by atomic mass is 9.98. The molecular formula is C36H25N. The van der Waals surface area contributed by atoms with Gasteiger partial charge in [-0.3, -0.25) is 0 Å². The van der Waals surface area contributed by atoms with Crippen molar-refractivity contribution in [2.45, 2.75) is 0 Å². The number of fused-ring (bicyclic) bond motifs is 3. The van der Waals surface area contributed by atoms with Crippen molar-refractivity contribution in [1.29, 1.82) is 0 Å². The van der Waals surface area contributed by atoms with Crippen molar-refractivity contribution in [2.75, 3.05) is 0 Å². The summed E-state index contributed by atoms with van der Waals surface area (Å²) >= 11 is 0. The third-order valence-corrected chi connectivity index (χ3v) is 7.17. The van der Waals surface area contributed by atoms with Crippen LogP contribution in [0, 0.1) is 0 Å². The molecule has 6 aromatic carbocycles. The van der Waals surface area contributed by atoms with Crippen molar-refractivity contribution >= 4 is 21.8 Å². The van der Waals surface area contributed by atoms with Crippen molar-refractivity contribution in [3.05, 3.63) is 152 Å². The Morgan fingerprint density at radius 2 is 0.784 bits per heavy atom. The van der Waals surface area contributed by atoms with Crippen LogP contribution < -0.4 is 0 Å².